The van der Waals surface area contributed by atoms with E-state index in [0.29, 0.717) is 11.1 Å². The summed E-state index contributed by atoms with van der Waals surface area (Å²) in [7, 11) is 1.27. The Morgan fingerprint density at radius 2 is 1.32 bits per heavy atom. The van der Waals surface area contributed by atoms with Crippen LogP contribution in [0.1, 0.15) is 31.1 Å². The number of hydroxylamine groups is 1. The van der Waals surface area contributed by atoms with Crippen molar-refractivity contribution in [2.45, 2.75) is 0 Å². The predicted octanol–water partition coefficient (Wildman–Crippen LogP) is 1.98. The summed E-state index contributed by atoms with van der Waals surface area (Å²) < 4.78 is 4.56. The Kier molecular flexibility index (Phi) is 4.87. The van der Waals surface area contributed by atoms with Crippen molar-refractivity contribution in [3.05, 3.63) is 71.3 Å². The molecule has 2 rings (SSSR count). The molecule has 0 heterocycles. The van der Waals surface area contributed by atoms with E-state index in [1.54, 1.807) is 30.3 Å². The maximum absolute atomic E-state index is 11.8. The van der Waals surface area contributed by atoms with Gasteiger partial charge < -0.3 is 9.57 Å². The van der Waals surface area contributed by atoms with Gasteiger partial charge in [-0.25, -0.2) is 9.59 Å². The van der Waals surface area contributed by atoms with Crippen molar-refractivity contribution < 1.29 is 24.0 Å². The van der Waals surface area contributed by atoms with Crippen molar-refractivity contribution >= 4 is 17.8 Å². The number of carbonyl (C=O) groups excluding carboxylic acids is 3. The number of ether oxygens (including phenoxy) is 1. The second kappa shape index (κ2) is 7.03. The highest BCUT2D eigenvalue weighted by atomic mass is 16.7. The smallest absolute Gasteiger partial charge is 0.362 e. The van der Waals surface area contributed by atoms with E-state index >= 15 is 0 Å². The van der Waals surface area contributed by atoms with E-state index in [2.05, 4.69) is 10.2 Å². The summed E-state index contributed by atoms with van der Waals surface area (Å²) in [6, 6.07) is 14.0. The zero-order chi connectivity index (χ0) is 15.9. The number of rotatable bonds is 3. The number of benzene rings is 2. The van der Waals surface area contributed by atoms with E-state index in [-0.39, 0.29) is 5.56 Å². The summed E-state index contributed by atoms with van der Waals surface area (Å²) >= 11 is 0. The van der Waals surface area contributed by atoms with Gasteiger partial charge in [0.15, 0.2) is 0 Å². The Labute approximate surface area is 126 Å². The first kappa shape index (κ1) is 15.2. The molecule has 0 saturated carbocycles. The van der Waals surface area contributed by atoms with Crippen LogP contribution in [0.15, 0.2) is 54.6 Å². The third-order valence-corrected chi connectivity index (χ3v) is 2.81. The number of methoxy groups -OCH3 is 1. The maximum Gasteiger partial charge on any atom is 0.362 e. The van der Waals surface area contributed by atoms with Crippen LogP contribution in [0.2, 0.25) is 0 Å². The van der Waals surface area contributed by atoms with Gasteiger partial charge in [0.05, 0.1) is 18.2 Å². The fourth-order valence-corrected chi connectivity index (χ4v) is 1.66. The lowest BCUT2D eigenvalue weighted by molar-refractivity contribution is 0.0230. The molecule has 0 spiro atoms. The van der Waals surface area contributed by atoms with Crippen molar-refractivity contribution in [1.29, 1.82) is 0 Å². The third-order valence-electron chi connectivity index (χ3n) is 2.81. The molecule has 0 aromatic heterocycles. The van der Waals surface area contributed by atoms with Crippen LogP contribution in [0.25, 0.3) is 0 Å². The Hall–Kier alpha value is -3.15. The molecule has 112 valence electrons. The first-order chi connectivity index (χ1) is 10.6. The van der Waals surface area contributed by atoms with Gasteiger partial charge >= 0.3 is 11.9 Å². The van der Waals surface area contributed by atoms with Gasteiger partial charge in [0, 0.05) is 5.56 Å². The maximum atomic E-state index is 11.8. The summed E-state index contributed by atoms with van der Waals surface area (Å²) in [5.74, 6) is -1.76. The number of nitrogens with one attached hydrogen (secondary N) is 1. The standard InChI is InChI=1S/C16H13NO5/c1-21-15(19)13-9-7-11(8-10-13)14(18)17-22-16(20)12-5-3-2-4-6-12/h2-10H,1H3,(H,17,18). The summed E-state index contributed by atoms with van der Waals surface area (Å²) in [5.41, 5.74) is 2.94. The predicted molar refractivity (Wildman–Crippen MR) is 77.1 cm³/mol. The lowest BCUT2D eigenvalue weighted by Gasteiger charge is -2.06. The van der Waals surface area contributed by atoms with Gasteiger partial charge in [-0.15, -0.1) is 0 Å². The second-order valence-electron chi connectivity index (χ2n) is 4.26. The first-order valence-electron chi connectivity index (χ1n) is 6.37. The molecule has 0 saturated heterocycles. The van der Waals surface area contributed by atoms with Crippen molar-refractivity contribution in [2.24, 2.45) is 0 Å². The summed E-state index contributed by atoms with van der Waals surface area (Å²) in [4.78, 5) is 39.5. The number of amides is 1. The quantitative estimate of drug-likeness (QED) is 0.692. The fraction of sp³-hybridized carbons (Fsp3) is 0.0625. The average Bonchev–Trinajstić information content (AvgIpc) is 2.59. The van der Waals surface area contributed by atoms with Crippen LogP contribution in [-0.2, 0) is 9.57 Å². The van der Waals surface area contributed by atoms with Crippen LogP contribution < -0.4 is 5.48 Å². The van der Waals surface area contributed by atoms with Gasteiger partial charge in [-0.3, -0.25) is 4.79 Å². The Balaban J connectivity index is 1.95. The highest BCUT2D eigenvalue weighted by Crippen LogP contribution is 2.06. The molecule has 0 aliphatic rings. The van der Waals surface area contributed by atoms with Gasteiger partial charge in [0.1, 0.15) is 0 Å². The van der Waals surface area contributed by atoms with E-state index in [1.165, 1.54) is 31.4 Å². The molecule has 0 bridgehead atoms. The number of carbonyl (C=O) groups is 3. The molecule has 6 nitrogen and oxygen atoms in total. The van der Waals surface area contributed by atoms with Crippen molar-refractivity contribution in [3.8, 4) is 0 Å². The molecule has 0 aliphatic carbocycles. The molecule has 0 unspecified atom stereocenters. The Morgan fingerprint density at radius 3 is 1.91 bits per heavy atom. The summed E-state index contributed by atoms with van der Waals surface area (Å²) in [6.45, 7) is 0. The monoisotopic (exact) mass is 299 g/mol. The fourth-order valence-electron chi connectivity index (χ4n) is 1.66. The van der Waals surface area contributed by atoms with E-state index < -0.39 is 17.8 Å². The zero-order valence-corrected chi connectivity index (χ0v) is 11.7. The average molecular weight is 299 g/mol. The summed E-state index contributed by atoms with van der Waals surface area (Å²) in [5, 5.41) is 0. The van der Waals surface area contributed by atoms with Crippen LogP contribution >= 0.6 is 0 Å². The van der Waals surface area contributed by atoms with Crippen molar-refractivity contribution in [3.63, 3.8) is 0 Å². The van der Waals surface area contributed by atoms with Crippen LogP contribution in [-0.4, -0.2) is 25.0 Å². The molecule has 0 fully saturated rings. The second-order valence-corrected chi connectivity index (χ2v) is 4.26. The van der Waals surface area contributed by atoms with Gasteiger partial charge in [-0.1, -0.05) is 18.2 Å². The minimum atomic E-state index is -0.667. The van der Waals surface area contributed by atoms with Gasteiger partial charge in [-0.05, 0) is 36.4 Å². The number of hydrogen-bond donors (Lipinski definition) is 1. The van der Waals surface area contributed by atoms with Crippen LogP contribution in [0.3, 0.4) is 0 Å². The van der Waals surface area contributed by atoms with E-state index in [4.69, 9.17) is 4.84 Å². The van der Waals surface area contributed by atoms with Crippen molar-refractivity contribution in [2.75, 3.05) is 7.11 Å². The van der Waals surface area contributed by atoms with Crippen LogP contribution in [0.5, 0.6) is 0 Å². The molecule has 6 heteroatoms. The van der Waals surface area contributed by atoms with Crippen LogP contribution in [0, 0.1) is 0 Å². The van der Waals surface area contributed by atoms with E-state index in [1.807, 2.05) is 0 Å². The largest absolute Gasteiger partial charge is 0.465 e. The molecule has 0 radical (unpaired) electrons. The molecule has 0 atom stereocenters. The Morgan fingerprint density at radius 1 is 0.773 bits per heavy atom. The Bertz CT molecular complexity index is 679. The normalized spacial score (nSPS) is 9.68. The highest BCUT2D eigenvalue weighted by Gasteiger charge is 2.12. The minimum Gasteiger partial charge on any atom is -0.465 e. The molecule has 1 amide bonds. The topological polar surface area (TPSA) is 81.7 Å². The van der Waals surface area contributed by atoms with Gasteiger partial charge in [-0.2, -0.15) is 5.48 Å². The molecular weight excluding hydrogens is 286 g/mol. The molecule has 22 heavy (non-hydrogen) atoms. The number of esters is 1. The van der Waals surface area contributed by atoms with Crippen molar-refractivity contribution in [1.82, 2.24) is 5.48 Å². The van der Waals surface area contributed by atoms with Gasteiger partial charge in [0.25, 0.3) is 5.91 Å². The highest BCUT2D eigenvalue weighted by molar-refractivity contribution is 5.97. The zero-order valence-electron chi connectivity index (χ0n) is 11.7. The summed E-state index contributed by atoms with van der Waals surface area (Å²) in [6.07, 6.45) is 0. The lowest BCUT2D eigenvalue weighted by Crippen LogP contribution is -2.27. The van der Waals surface area contributed by atoms with E-state index in [0.717, 1.165) is 0 Å². The van der Waals surface area contributed by atoms with Gasteiger partial charge in [0.2, 0.25) is 0 Å². The SMILES string of the molecule is COC(=O)c1ccc(C(=O)NOC(=O)c2ccccc2)cc1. The van der Waals surface area contributed by atoms with Crippen LogP contribution in [0.4, 0.5) is 0 Å². The molecule has 2 aromatic rings. The molecule has 0 aliphatic heterocycles. The third kappa shape index (κ3) is 3.69. The lowest BCUT2D eigenvalue weighted by atomic mass is 10.1. The number of hydrogen-bond acceptors (Lipinski definition) is 5. The van der Waals surface area contributed by atoms with E-state index in [9.17, 15) is 14.4 Å². The first-order valence-corrected chi connectivity index (χ1v) is 6.37. The minimum absolute atomic E-state index is 0.244. The molecule has 1 N–H and O–H groups in total. The molecule has 2 aromatic carbocycles. The molecular formula is C16H13NO5.